The summed E-state index contributed by atoms with van der Waals surface area (Å²) < 4.78 is 44.0. The molecule has 12 heteroatoms. The molecule has 0 aromatic heterocycles. The average molecular weight is 568 g/mol. The van der Waals surface area contributed by atoms with E-state index in [4.69, 9.17) is 4.74 Å². The largest absolute Gasteiger partial charge is 0.469 e. The van der Waals surface area contributed by atoms with E-state index in [1.54, 1.807) is 4.90 Å². The molecule has 3 fully saturated rings. The molecule has 2 heterocycles. The summed E-state index contributed by atoms with van der Waals surface area (Å²) in [5.41, 5.74) is -2.03. The average Bonchev–Trinajstić information content (AvgIpc) is 2.93. The number of esters is 1. The summed E-state index contributed by atoms with van der Waals surface area (Å²) in [4.78, 5) is 52.9. The quantitative estimate of drug-likeness (QED) is 0.367. The van der Waals surface area contributed by atoms with Gasteiger partial charge in [0.05, 0.1) is 30.1 Å². The Bertz CT molecular complexity index is 1120. The Hall–Kier alpha value is -3.15. The van der Waals surface area contributed by atoms with Crippen molar-refractivity contribution < 1.29 is 42.2 Å². The van der Waals surface area contributed by atoms with Crippen molar-refractivity contribution >= 4 is 23.8 Å². The number of aliphatic hydroxyl groups is 1. The van der Waals surface area contributed by atoms with Crippen molar-refractivity contribution in [3.8, 4) is 0 Å². The highest BCUT2D eigenvalue weighted by atomic mass is 19.4. The number of rotatable bonds is 8. The van der Waals surface area contributed by atoms with Crippen molar-refractivity contribution in [1.82, 2.24) is 15.1 Å². The molecule has 220 valence electrons. The van der Waals surface area contributed by atoms with Crippen LogP contribution in [0, 0.1) is 11.8 Å². The first-order valence-electron chi connectivity index (χ1n) is 13.8. The third-order valence-corrected chi connectivity index (χ3v) is 8.46. The van der Waals surface area contributed by atoms with Crippen LogP contribution in [0.4, 0.5) is 18.0 Å². The Morgan fingerprint density at radius 3 is 2.52 bits per heavy atom. The van der Waals surface area contributed by atoms with E-state index in [9.17, 15) is 37.5 Å². The van der Waals surface area contributed by atoms with Crippen LogP contribution < -0.4 is 5.32 Å². The Kier molecular flexibility index (Phi) is 9.06. The predicted molar refractivity (Wildman–Crippen MR) is 137 cm³/mol. The minimum absolute atomic E-state index is 0.0944. The number of likely N-dealkylation sites (tertiary alicyclic amines) is 1. The SMILES string of the molecule is COC(=O)C1CCC2C(=O)N(CCCCCC(=O)N3CCC(O)(c4cccc(C(F)(F)F)c4)CC3)C(=O)NC2C1. The highest BCUT2D eigenvalue weighted by Gasteiger charge is 2.45. The van der Waals surface area contributed by atoms with Crippen molar-refractivity contribution in [1.29, 1.82) is 0 Å². The fourth-order valence-corrected chi connectivity index (χ4v) is 6.04. The lowest BCUT2D eigenvalue weighted by Crippen LogP contribution is -2.61. The standard InChI is InChI=1S/C28H36F3N3O6/c1-40-25(37)18-9-10-21-22(16-18)32-26(38)34(24(21)36)13-4-2-3-8-23(35)33-14-11-27(39,12-15-33)19-6-5-7-20(17-19)28(29,30)31/h5-7,17-18,21-22,39H,2-4,8-16H2,1H3,(H,32,38). The van der Waals surface area contributed by atoms with E-state index >= 15 is 0 Å². The van der Waals surface area contributed by atoms with Gasteiger partial charge in [0.1, 0.15) is 0 Å². The zero-order valence-electron chi connectivity index (χ0n) is 22.5. The number of halogens is 3. The van der Waals surface area contributed by atoms with Gasteiger partial charge < -0.3 is 20.1 Å². The van der Waals surface area contributed by atoms with Gasteiger partial charge in [-0.05, 0) is 62.6 Å². The van der Waals surface area contributed by atoms with Crippen LogP contribution in [-0.2, 0) is 30.9 Å². The summed E-state index contributed by atoms with van der Waals surface area (Å²) in [6.45, 7) is 0.733. The Morgan fingerprint density at radius 2 is 1.85 bits per heavy atom. The number of carbonyl (C=O) groups is 4. The number of fused-ring (bicyclic) bond motifs is 1. The van der Waals surface area contributed by atoms with Gasteiger partial charge in [0.25, 0.3) is 0 Å². The fraction of sp³-hybridized carbons (Fsp3) is 0.643. The number of imide groups is 1. The summed E-state index contributed by atoms with van der Waals surface area (Å²) in [5.74, 6) is -1.32. The lowest BCUT2D eigenvalue weighted by Gasteiger charge is -2.41. The highest BCUT2D eigenvalue weighted by molar-refractivity contribution is 5.98. The third-order valence-electron chi connectivity index (χ3n) is 8.46. The van der Waals surface area contributed by atoms with Gasteiger partial charge in [-0.15, -0.1) is 0 Å². The molecule has 40 heavy (non-hydrogen) atoms. The molecule has 2 aliphatic heterocycles. The van der Waals surface area contributed by atoms with E-state index in [0.717, 1.165) is 12.1 Å². The van der Waals surface area contributed by atoms with E-state index in [1.807, 2.05) is 0 Å². The van der Waals surface area contributed by atoms with Crippen molar-refractivity contribution in [2.24, 2.45) is 11.8 Å². The maximum atomic E-state index is 13.1. The van der Waals surface area contributed by atoms with Crippen LogP contribution in [-0.4, -0.2) is 71.5 Å². The molecule has 1 aromatic rings. The monoisotopic (exact) mass is 567 g/mol. The molecule has 2 saturated heterocycles. The lowest BCUT2D eigenvalue weighted by atomic mass is 9.76. The first-order chi connectivity index (χ1) is 18.9. The van der Waals surface area contributed by atoms with Gasteiger partial charge in [-0.1, -0.05) is 18.6 Å². The molecule has 1 aromatic carbocycles. The Labute approximate surface area is 231 Å². The summed E-state index contributed by atoms with van der Waals surface area (Å²) >= 11 is 0. The van der Waals surface area contributed by atoms with Crippen molar-refractivity contribution in [3.63, 3.8) is 0 Å². The fourth-order valence-electron chi connectivity index (χ4n) is 6.04. The van der Waals surface area contributed by atoms with Crippen LogP contribution in [0.25, 0.3) is 0 Å². The molecular formula is C28H36F3N3O6. The smallest absolute Gasteiger partial charge is 0.416 e. The number of nitrogens with one attached hydrogen (secondary N) is 1. The number of nitrogens with zero attached hydrogens (tertiary/aromatic N) is 2. The number of alkyl halides is 3. The number of urea groups is 1. The Morgan fingerprint density at radius 1 is 1.12 bits per heavy atom. The van der Waals surface area contributed by atoms with Gasteiger partial charge in [-0.25, -0.2) is 4.79 Å². The number of hydrogen-bond donors (Lipinski definition) is 2. The summed E-state index contributed by atoms with van der Waals surface area (Å²) in [6.07, 6.45) is -0.769. The first-order valence-corrected chi connectivity index (χ1v) is 13.8. The number of amides is 4. The second-order valence-electron chi connectivity index (χ2n) is 11.0. The van der Waals surface area contributed by atoms with Gasteiger partial charge >= 0.3 is 18.2 Å². The van der Waals surface area contributed by atoms with Gasteiger partial charge in [0, 0.05) is 32.1 Å². The third kappa shape index (κ3) is 6.59. The molecule has 2 N–H and O–H groups in total. The molecule has 4 amide bonds. The zero-order valence-corrected chi connectivity index (χ0v) is 22.5. The van der Waals surface area contributed by atoms with Gasteiger partial charge in [-0.2, -0.15) is 13.2 Å². The maximum absolute atomic E-state index is 13.1. The molecule has 9 nitrogen and oxygen atoms in total. The van der Waals surface area contributed by atoms with E-state index in [1.165, 1.54) is 24.1 Å². The van der Waals surface area contributed by atoms with E-state index < -0.39 is 23.4 Å². The topological polar surface area (TPSA) is 116 Å². The summed E-state index contributed by atoms with van der Waals surface area (Å²) in [5, 5.41) is 13.8. The molecule has 0 bridgehead atoms. The van der Waals surface area contributed by atoms with Crippen LogP contribution in [0.15, 0.2) is 24.3 Å². The first kappa shape index (κ1) is 29.8. The molecule has 1 saturated carbocycles. The molecule has 0 radical (unpaired) electrons. The van der Waals surface area contributed by atoms with E-state index in [0.29, 0.717) is 38.5 Å². The van der Waals surface area contributed by atoms with Crippen LogP contribution in [0.5, 0.6) is 0 Å². The zero-order chi connectivity index (χ0) is 29.1. The number of hydrogen-bond acceptors (Lipinski definition) is 6. The molecule has 4 rings (SSSR count). The van der Waals surface area contributed by atoms with Gasteiger partial charge in [0.15, 0.2) is 0 Å². The Balaban J connectivity index is 1.18. The minimum atomic E-state index is -4.50. The summed E-state index contributed by atoms with van der Waals surface area (Å²) in [6, 6.07) is 3.86. The minimum Gasteiger partial charge on any atom is -0.469 e. The summed E-state index contributed by atoms with van der Waals surface area (Å²) in [7, 11) is 1.32. The van der Waals surface area contributed by atoms with E-state index in [-0.39, 0.29) is 80.1 Å². The van der Waals surface area contributed by atoms with Gasteiger partial charge in [-0.3, -0.25) is 19.3 Å². The molecule has 1 aliphatic carbocycles. The molecule has 3 aliphatic rings. The second-order valence-corrected chi connectivity index (χ2v) is 11.0. The number of unbranched alkanes of at least 4 members (excludes halogenated alkanes) is 2. The normalized spacial score (nSPS) is 24.8. The van der Waals surface area contributed by atoms with Crippen LogP contribution in [0.1, 0.15) is 68.9 Å². The number of ether oxygens (including phenoxy) is 1. The lowest BCUT2D eigenvalue weighted by molar-refractivity contribution is -0.149. The van der Waals surface area contributed by atoms with Gasteiger partial charge in [0.2, 0.25) is 11.8 Å². The second kappa shape index (κ2) is 12.2. The number of carbonyl (C=O) groups excluding carboxylic acids is 4. The van der Waals surface area contributed by atoms with Crippen LogP contribution >= 0.6 is 0 Å². The molecule has 3 atom stereocenters. The molecular weight excluding hydrogens is 531 g/mol. The van der Waals surface area contributed by atoms with E-state index in [2.05, 4.69) is 5.32 Å². The van der Waals surface area contributed by atoms with Crippen molar-refractivity contribution in [2.75, 3.05) is 26.7 Å². The number of benzene rings is 1. The van der Waals surface area contributed by atoms with Crippen molar-refractivity contribution in [2.45, 2.75) is 75.6 Å². The van der Waals surface area contributed by atoms with Crippen LogP contribution in [0.2, 0.25) is 0 Å². The van der Waals surface area contributed by atoms with Crippen molar-refractivity contribution in [3.05, 3.63) is 35.4 Å². The predicted octanol–water partition coefficient (Wildman–Crippen LogP) is 3.59. The highest BCUT2D eigenvalue weighted by Crippen LogP contribution is 2.37. The number of piperidine rings is 1. The number of methoxy groups -OCH3 is 1. The maximum Gasteiger partial charge on any atom is 0.416 e. The van der Waals surface area contributed by atoms with Crippen LogP contribution in [0.3, 0.4) is 0 Å². The molecule has 0 spiro atoms. The molecule has 3 unspecified atom stereocenters.